The summed E-state index contributed by atoms with van der Waals surface area (Å²) in [5.74, 6) is 0. The number of halogens is 1. The van der Waals surface area contributed by atoms with Gasteiger partial charge in [-0.05, 0) is 37.3 Å². The molecule has 0 atom stereocenters. The second kappa shape index (κ2) is 5.13. The van der Waals surface area contributed by atoms with Crippen LogP contribution < -0.4 is 11.1 Å². The van der Waals surface area contributed by atoms with Crippen molar-refractivity contribution in [3.05, 3.63) is 58.7 Å². The summed E-state index contributed by atoms with van der Waals surface area (Å²) in [7, 11) is 0. The van der Waals surface area contributed by atoms with E-state index in [1.54, 1.807) is 6.20 Å². The zero-order chi connectivity index (χ0) is 14.1. The summed E-state index contributed by atoms with van der Waals surface area (Å²) in [6, 6.07) is 14.2. The molecule has 20 heavy (non-hydrogen) atoms. The van der Waals surface area contributed by atoms with Crippen LogP contribution in [0.25, 0.3) is 10.9 Å². The molecule has 0 bridgehead atoms. The molecule has 3 rings (SSSR count). The Morgan fingerprint density at radius 3 is 2.60 bits per heavy atom. The van der Waals surface area contributed by atoms with Crippen LogP contribution in [0.1, 0.15) is 5.56 Å². The van der Waals surface area contributed by atoms with Gasteiger partial charge in [-0.3, -0.25) is 4.98 Å². The van der Waals surface area contributed by atoms with Crippen LogP contribution in [-0.2, 0) is 0 Å². The van der Waals surface area contributed by atoms with Gasteiger partial charge in [0.2, 0.25) is 0 Å². The van der Waals surface area contributed by atoms with E-state index in [-0.39, 0.29) is 0 Å². The zero-order valence-corrected chi connectivity index (χ0v) is 12.6. The molecule has 3 aromatic rings. The Kier molecular flexibility index (Phi) is 3.32. The monoisotopic (exact) mass is 327 g/mol. The van der Waals surface area contributed by atoms with Crippen molar-refractivity contribution in [2.24, 2.45) is 0 Å². The number of pyridine rings is 1. The van der Waals surface area contributed by atoms with Crippen LogP contribution in [0, 0.1) is 6.92 Å². The Hall–Kier alpha value is -2.07. The molecule has 4 heteroatoms. The molecule has 0 aliphatic carbocycles. The molecule has 2 aromatic carbocycles. The smallest absolute Gasteiger partial charge is 0.0746 e. The molecule has 0 aliphatic heterocycles. The van der Waals surface area contributed by atoms with Gasteiger partial charge in [0.05, 0.1) is 23.1 Å². The number of nitrogen functional groups attached to an aromatic ring is 1. The highest BCUT2D eigenvalue weighted by molar-refractivity contribution is 9.10. The van der Waals surface area contributed by atoms with Crippen LogP contribution in [0.3, 0.4) is 0 Å². The standard InChI is InChI=1S/C16H14BrN3/c1-10-2-5-12(6-3-10)20-16-13-8-11(17)4-7-15(13)19-9-14(16)18/h2-9H,18H2,1H3,(H,19,20). The van der Waals surface area contributed by atoms with Crippen LogP contribution in [0.5, 0.6) is 0 Å². The van der Waals surface area contributed by atoms with Gasteiger partial charge in [0.25, 0.3) is 0 Å². The summed E-state index contributed by atoms with van der Waals surface area (Å²) < 4.78 is 1.00. The molecule has 3 nitrogen and oxygen atoms in total. The summed E-state index contributed by atoms with van der Waals surface area (Å²) in [5.41, 5.74) is 10.7. The molecule has 0 radical (unpaired) electrons. The fourth-order valence-corrected chi connectivity index (χ4v) is 2.46. The zero-order valence-electron chi connectivity index (χ0n) is 11.0. The molecule has 1 aromatic heterocycles. The third kappa shape index (κ3) is 2.47. The van der Waals surface area contributed by atoms with Crippen LogP contribution in [0.15, 0.2) is 53.1 Å². The van der Waals surface area contributed by atoms with Gasteiger partial charge in [0, 0.05) is 15.5 Å². The normalized spacial score (nSPS) is 10.7. The van der Waals surface area contributed by atoms with E-state index in [1.165, 1.54) is 5.56 Å². The lowest BCUT2D eigenvalue weighted by atomic mass is 10.1. The fourth-order valence-electron chi connectivity index (χ4n) is 2.10. The minimum atomic E-state index is 0.635. The summed E-state index contributed by atoms with van der Waals surface area (Å²) >= 11 is 3.49. The largest absolute Gasteiger partial charge is 0.396 e. The molecule has 3 N–H and O–H groups in total. The van der Waals surface area contributed by atoms with Gasteiger partial charge in [0.1, 0.15) is 0 Å². The first-order valence-electron chi connectivity index (χ1n) is 6.31. The summed E-state index contributed by atoms with van der Waals surface area (Å²) in [6.45, 7) is 2.07. The molecular weight excluding hydrogens is 314 g/mol. The lowest BCUT2D eigenvalue weighted by Crippen LogP contribution is -1.98. The quantitative estimate of drug-likeness (QED) is 0.721. The number of hydrogen-bond donors (Lipinski definition) is 2. The van der Waals surface area contributed by atoms with E-state index in [4.69, 9.17) is 5.73 Å². The van der Waals surface area contributed by atoms with E-state index in [9.17, 15) is 0 Å². The van der Waals surface area contributed by atoms with Crippen LogP contribution in [0.4, 0.5) is 17.1 Å². The number of nitrogens with two attached hydrogens (primary N) is 1. The molecule has 0 saturated carbocycles. The van der Waals surface area contributed by atoms with Crippen molar-refractivity contribution in [1.29, 1.82) is 0 Å². The molecule has 1 heterocycles. The van der Waals surface area contributed by atoms with Crippen molar-refractivity contribution >= 4 is 43.9 Å². The lowest BCUT2D eigenvalue weighted by Gasteiger charge is -2.12. The van der Waals surface area contributed by atoms with E-state index >= 15 is 0 Å². The first-order chi connectivity index (χ1) is 9.63. The average Bonchev–Trinajstić information content (AvgIpc) is 2.44. The summed E-state index contributed by atoms with van der Waals surface area (Å²) in [5, 5.41) is 4.38. The Morgan fingerprint density at radius 2 is 1.85 bits per heavy atom. The highest BCUT2D eigenvalue weighted by atomic mass is 79.9. The van der Waals surface area contributed by atoms with Crippen molar-refractivity contribution in [2.45, 2.75) is 6.92 Å². The number of anilines is 3. The number of fused-ring (bicyclic) bond motifs is 1. The molecule has 0 amide bonds. The van der Waals surface area contributed by atoms with Gasteiger partial charge < -0.3 is 11.1 Å². The second-order valence-corrected chi connectivity index (χ2v) is 5.66. The van der Waals surface area contributed by atoms with Gasteiger partial charge >= 0.3 is 0 Å². The van der Waals surface area contributed by atoms with Gasteiger partial charge in [-0.1, -0.05) is 33.6 Å². The Labute approximate surface area is 126 Å². The van der Waals surface area contributed by atoms with Crippen molar-refractivity contribution in [3.8, 4) is 0 Å². The Bertz CT molecular complexity index is 761. The van der Waals surface area contributed by atoms with Gasteiger partial charge in [0.15, 0.2) is 0 Å². The Balaban J connectivity index is 2.12. The number of hydrogen-bond acceptors (Lipinski definition) is 3. The molecule has 0 fully saturated rings. The van der Waals surface area contributed by atoms with Crippen molar-refractivity contribution in [1.82, 2.24) is 4.98 Å². The fraction of sp³-hybridized carbons (Fsp3) is 0.0625. The number of nitrogens with zero attached hydrogens (tertiary/aromatic N) is 1. The van der Waals surface area contributed by atoms with E-state index < -0.39 is 0 Å². The van der Waals surface area contributed by atoms with Crippen LogP contribution in [-0.4, -0.2) is 4.98 Å². The maximum atomic E-state index is 6.07. The highest BCUT2D eigenvalue weighted by Gasteiger charge is 2.07. The molecule has 0 spiro atoms. The first-order valence-corrected chi connectivity index (χ1v) is 7.10. The van der Waals surface area contributed by atoms with E-state index in [1.807, 2.05) is 30.3 Å². The van der Waals surface area contributed by atoms with Crippen molar-refractivity contribution in [2.75, 3.05) is 11.1 Å². The van der Waals surface area contributed by atoms with Crippen LogP contribution in [0.2, 0.25) is 0 Å². The van der Waals surface area contributed by atoms with Crippen molar-refractivity contribution < 1.29 is 0 Å². The predicted octanol–water partition coefficient (Wildman–Crippen LogP) is 4.63. The lowest BCUT2D eigenvalue weighted by molar-refractivity contribution is 1.40. The molecule has 0 aliphatic rings. The molecular formula is C16H14BrN3. The molecule has 100 valence electrons. The van der Waals surface area contributed by atoms with Gasteiger partial charge in [-0.25, -0.2) is 0 Å². The second-order valence-electron chi connectivity index (χ2n) is 4.74. The highest BCUT2D eigenvalue weighted by Crippen LogP contribution is 2.32. The summed E-state index contributed by atoms with van der Waals surface area (Å²) in [4.78, 5) is 4.35. The minimum absolute atomic E-state index is 0.635. The SMILES string of the molecule is Cc1ccc(Nc2c(N)cnc3ccc(Br)cc23)cc1. The number of rotatable bonds is 2. The number of aromatic nitrogens is 1. The molecule has 0 saturated heterocycles. The first kappa shape index (κ1) is 12.9. The topological polar surface area (TPSA) is 50.9 Å². The third-order valence-electron chi connectivity index (χ3n) is 3.18. The van der Waals surface area contributed by atoms with Crippen molar-refractivity contribution in [3.63, 3.8) is 0 Å². The van der Waals surface area contributed by atoms with Gasteiger partial charge in [-0.15, -0.1) is 0 Å². The van der Waals surface area contributed by atoms with E-state index in [0.29, 0.717) is 5.69 Å². The Morgan fingerprint density at radius 1 is 1.10 bits per heavy atom. The van der Waals surface area contributed by atoms with Crippen LogP contribution >= 0.6 is 15.9 Å². The van der Waals surface area contributed by atoms with Gasteiger partial charge in [-0.2, -0.15) is 0 Å². The maximum absolute atomic E-state index is 6.07. The number of nitrogens with one attached hydrogen (secondary N) is 1. The third-order valence-corrected chi connectivity index (χ3v) is 3.67. The maximum Gasteiger partial charge on any atom is 0.0746 e. The summed E-state index contributed by atoms with van der Waals surface area (Å²) in [6.07, 6.45) is 1.69. The molecule has 0 unspecified atom stereocenters. The predicted molar refractivity (Wildman–Crippen MR) is 88.3 cm³/mol. The van der Waals surface area contributed by atoms with E-state index in [2.05, 4.69) is 45.3 Å². The average molecular weight is 328 g/mol. The minimum Gasteiger partial charge on any atom is -0.396 e. The van der Waals surface area contributed by atoms with E-state index in [0.717, 1.165) is 26.8 Å². The number of aryl methyl sites for hydroxylation is 1. The number of benzene rings is 2.